The van der Waals surface area contributed by atoms with Gasteiger partial charge in [-0.1, -0.05) is 6.07 Å². The first-order valence-corrected chi connectivity index (χ1v) is 7.55. The van der Waals surface area contributed by atoms with Crippen molar-refractivity contribution in [2.75, 3.05) is 21.3 Å². The summed E-state index contributed by atoms with van der Waals surface area (Å²) in [6.45, 7) is 4.25. The van der Waals surface area contributed by atoms with Gasteiger partial charge in [0.25, 0.3) is 0 Å². The number of carbonyl (C=O) groups is 1. The first-order valence-electron chi connectivity index (χ1n) is 7.55. The minimum Gasteiger partial charge on any atom is -0.496 e. The number of hydrogen-bond donors (Lipinski definition) is 2. The molecule has 0 amide bonds. The van der Waals surface area contributed by atoms with Crippen LogP contribution in [0.25, 0.3) is 0 Å². The minimum absolute atomic E-state index is 0.437. The highest BCUT2D eigenvalue weighted by atomic mass is 16.5. The van der Waals surface area contributed by atoms with E-state index in [0.717, 1.165) is 17.0 Å². The molecule has 1 aromatic heterocycles. The lowest BCUT2D eigenvalue weighted by Gasteiger charge is -2.27. The maximum atomic E-state index is 12.0. The summed E-state index contributed by atoms with van der Waals surface area (Å²) >= 11 is 0. The van der Waals surface area contributed by atoms with E-state index in [9.17, 15) is 9.90 Å². The second kappa shape index (κ2) is 7.35. The van der Waals surface area contributed by atoms with Crippen molar-refractivity contribution in [3.05, 3.63) is 40.7 Å². The number of nitrogens with one attached hydrogen (secondary N) is 1. The Balaban J connectivity index is 2.45. The van der Waals surface area contributed by atoms with Crippen LogP contribution in [0.1, 0.15) is 28.6 Å². The van der Waals surface area contributed by atoms with Crippen LogP contribution >= 0.6 is 0 Å². The molecule has 24 heavy (non-hydrogen) atoms. The zero-order valence-electron chi connectivity index (χ0n) is 14.6. The second-order valence-electron chi connectivity index (χ2n) is 5.64. The molecule has 0 saturated carbocycles. The van der Waals surface area contributed by atoms with Gasteiger partial charge in [0.1, 0.15) is 17.5 Å². The van der Waals surface area contributed by atoms with E-state index in [1.165, 1.54) is 14.2 Å². The van der Waals surface area contributed by atoms with Crippen LogP contribution in [0, 0.1) is 13.8 Å². The van der Waals surface area contributed by atoms with Gasteiger partial charge in [0, 0.05) is 17.8 Å². The van der Waals surface area contributed by atoms with Crippen LogP contribution in [0.5, 0.6) is 11.5 Å². The number of aliphatic carboxylic acids is 1. The fourth-order valence-corrected chi connectivity index (χ4v) is 2.83. The average molecular weight is 333 g/mol. The number of carboxylic acid groups (broad SMARTS) is 1. The van der Waals surface area contributed by atoms with Crippen molar-refractivity contribution in [3.63, 3.8) is 0 Å². The third-order valence-corrected chi connectivity index (χ3v) is 4.10. The first-order chi connectivity index (χ1) is 11.4. The van der Waals surface area contributed by atoms with Gasteiger partial charge in [-0.25, -0.2) is 0 Å². The fraction of sp³-hybridized carbons (Fsp3) is 0.412. The summed E-state index contributed by atoms with van der Waals surface area (Å²) in [6.07, 6.45) is 0. The van der Waals surface area contributed by atoms with Crippen LogP contribution in [0.4, 0.5) is 0 Å². The van der Waals surface area contributed by atoms with Gasteiger partial charge in [0.05, 0.1) is 25.5 Å². The van der Waals surface area contributed by atoms with E-state index < -0.39 is 12.0 Å². The van der Waals surface area contributed by atoms with Crippen LogP contribution in [0.3, 0.4) is 0 Å². The molecule has 2 N–H and O–H groups in total. The molecule has 0 aliphatic rings. The Morgan fingerprint density at radius 2 is 1.88 bits per heavy atom. The highest BCUT2D eigenvalue weighted by Gasteiger charge is 2.31. The number of aromatic amines is 1. The van der Waals surface area contributed by atoms with Gasteiger partial charge in [-0.05, 0) is 33.0 Å². The Morgan fingerprint density at radius 3 is 2.29 bits per heavy atom. The topological polar surface area (TPSA) is 87.7 Å². The highest BCUT2D eigenvalue weighted by molar-refractivity contribution is 5.78. The van der Waals surface area contributed by atoms with Crippen molar-refractivity contribution in [3.8, 4) is 11.5 Å². The largest absolute Gasteiger partial charge is 0.496 e. The van der Waals surface area contributed by atoms with Gasteiger partial charge in [0.15, 0.2) is 0 Å². The highest BCUT2D eigenvalue weighted by Crippen LogP contribution is 2.37. The number of rotatable bonds is 7. The number of benzene rings is 1. The van der Waals surface area contributed by atoms with Crippen molar-refractivity contribution in [1.29, 1.82) is 0 Å². The minimum atomic E-state index is -0.973. The normalized spacial score (nSPS) is 12.2. The number of aryl methyl sites for hydroxylation is 2. The molecule has 0 unspecified atom stereocenters. The van der Waals surface area contributed by atoms with Crippen LogP contribution in [-0.4, -0.2) is 47.4 Å². The van der Waals surface area contributed by atoms with Gasteiger partial charge >= 0.3 is 5.97 Å². The zero-order chi connectivity index (χ0) is 17.9. The Bertz CT molecular complexity index is 685. The number of ether oxygens (including phenoxy) is 2. The van der Waals surface area contributed by atoms with Crippen LogP contribution < -0.4 is 9.47 Å². The molecule has 0 spiro atoms. The van der Waals surface area contributed by atoms with E-state index in [-0.39, 0.29) is 0 Å². The quantitative estimate of drug-likeness (QED) is 0.808. The smallest absolute Gasteiger partial charge is 0.325 e. The summed E-state index contributed by atoms with van der Waals surface area (Å²) in [6, 6.07) is 4.32. The Morgan fingerprint density at radius 1 is 1.29 bits per heavy atom. The number of nitrogens with zero attached hydrogens (tertiary/aromatic N) is 2. The number of H-pyrrole nitrogens is 1. The lowest BCUT2D eigenvalue weighted by molar-refractivity contribution is -0.143. The summed E-state index contributed by atoms with van der Waals surface area (Å²) in [7, 11) is 4.79. The molecule has 0 bridgehead atoms. The molecule has 1 atom stereocenters. The molecular weight excluding hydrogens is 310 g/mol. The molecule has 0 saturated heterocycles. The number of hydrogen-bond acceptors (Lipinski definition) is 5. The average Bonchev–Trinajstić information content (AvgIpc) is 2.86. The van der Waals surface area contributed by atoms with Gasteiger partial charge in [0.2, 0.25) is 0 Å². The second-order valence-corrected chi connectivity index (χ2v) is 5.64. The van der Waals surface area contributed by atoms with Crippen molar-refractivity contribution < 1.29 is 19.4 Å². The molecule has 1 heterocycles. The summed E-state index contributed by atoms with van der Waals surface area (Å²) in [5.41, 5.74) is 3.26. The lowest BCUT2D eigenvalue weighted by Crippen LogP contribution is -2.31. The predicted molar refractivity (Wildman–Crippen MR) is 89.5 cm³/mol. The van der Waals surface area contributed by atoms with E-state index in [4.69, 9.17) is 9.47 Å². The maximum absolute atomic E-state index is 12.0. The zero-order valence-corrected chi connectivity index (χ0v) is 14.6. The standard InChI is InChI=1S/C17H23N3O4/c1-10-12(11(2)19-18-10)9-20(3)16(17(21)22)15-13(23-4)7-6-8-14(15)24-5/h6-8,16H,9H2,1-5H3,(H,18,19)(H,21,22)/t16-/m1/s1. The molecule has 0 fully saturated rings. The molecule has 0 aliphatic heterocycles. The SMILES string of the molecule is COc1cccc(OC)c1[C@H](C(=O)O)N(C)Cc1c(C)n[nH]c1C. The Labute approximate surface area is 141 Å². The van der Waals surface area contributed by atoms with Crippen LogP contribution in [0.2, 0.25) is 0 Å². The molecule has 7 heteroatoms. The third-order valence-electron chi connectivity index (χ3n) is 4.10. The summed E-state index contributed by atoms with van der Waals surface area (Å²) < 4.78 is 10.7. The summed E-state index contributed by atoms with van der Waals surface area (Å²) in [5.74, 6) is -0.0115. The fourth-order valence-electron chi connectivity index (χ4n) is 2.83. The number of likely N-dealkylation sites (N-methyl/N-ethyl adjacent to an activating group) is 1. The molecule has 2 rings (SSSR count). The monoisotopic (exact) mass is 333 g/mol. The molecule has 2 aromatic rings. The van der Waals surface area contributed by atoms with Crippen molar-refractivity contribution in [2.24, 2.45) is 0 Å². The number of aromatic nitrogens is 2. The Hall–Kier alpha value is -2.54. The molecule has 0 aliphatic carbocycles. The molecule has 0 radical (unpaired) electrons. The van der Waals surface area contributed by atoms with Crippen molar-refractivity contribution >= 4 is 5.97 Å². The number of carboxylic acids is 1. The van der Waals surface area contributed by atoms with E-state index in [0.29, 0.717) is 23.6 Å². The van der Waals surface area contributed by atoms with E-state index >= 15 is 0 Å². The van der Waals surface area contributed by atoms with E-state index in [2.05, 4.69) is 10.2 Å². The first kappa shape index (κ1) is 17.8. The van der Waals surface area contributed by atoms with Crippen molar-refractivity contribution in [2.45, 2.75) is 26.4 Å². The van der Waals surface area contributed by atoms with Crippen molar-refractivity contribution in [1.82, 2.24) is 15.1 Å². The molecule has 130 valence electrons. The summed E-state index contributed by atoms with van der Waals surface area (Å²) in [4.78, 5) is 13.7. The van der Waals surface area contributed by atoms with Gasteiger partial charge in [-0.15, -0.1) is 0 Å². The van der Waals surface area contributed by atoms with Gasteiger partial charge < -0.3 is 14.6 Å². The van der Waals surface area contributed by atoms with Gasteiger partial charge in [-0.2, -0.15) is 5.10 Å². The summed E-state index contributed by atoms with van der Waals surface area (Å²) in [5, 5.41) is 16.9. The van der Waals surface area contributed by atoms with E-state index in [1.807, 2.05) is 13.8 Å². The van der Waals surface area contributed by atoms with Crippen LogP contribution in [0.15, 0.2) is 18.2 Å². The lowest BCUT2D eigenvalue weighted by atomic mass is 10.0. The molecular formula is C17H23N3O4. The maximum Gasteiger partial charge on any atom is 0.325 e. The Kier molecular flexibility index (Phi) is 5.46. The van der Waals surface area contributed by atoms with Crippen LogP contribution in [-0.2, 0) is 11.3 Å². The third kappa shape index (κ3) is 3.35. The molecule has 7 nitrogen and oxygen atoms in total. The van der Waals surface area contributed by atoms with Gasteiger partial charge in [-0.3, -0.25) is 14.8 Å². The van der Waals surface area contributed by atoms with E-state index in [1.54, 1.807) is 30.1 Å². The molecule has 1 aromatic carbocycles. The number of methoxy groups -OCH3 is 2. The predicted octanol–water partition coefficient (Wildman–Crippen LogP) is 2.30.